The van der Waals surface area contributed by atoms with Crippen molar-refractivity contribution in [2.45, 2.75) is 33.3 Å². The largest absolute Gasteiger partial charge is 0.459 e. The van der Waals surface area contributed by atoms with Crippen LogP contribution in [0.4, 0.5) is 0 Å². The third-order valence-electron chi connectivity index (χ3n) is 4.14. The molecule has 150 valence electrons. The second-order valence-electron chi connectivity index (χ2n) is 7.63. The molecule has 3 rings (SSSR count). The maximum atomic E-state index is 12.9. The van der Waals surface area contributed by atoms with Crippen molar-refractivity contribution in [3.05, 3.63) is 70.3 Å². The normalized spacial score (nSPS) is 11.3. The van der Waals surface area contributed by atoms with E-state index in [1.54, 1.807) is 70.2 Å². The molecule has 0 atom stereocenters. The van der Waals surface area contributed by atoms with E-state index in [1.807, 2.05) is 6.07 Å². The van der Waals surface area contributed by atoms with E-state index in [9.17, 15) is 14.4 Å². The van der Waals surface area contributed by atoms with Crippen LogP contribution in [-0.2, 0) is 9.53 Å². The Balaban J connectivity index is 1.79. The number of fused-ring (bicyclic) bond motifs is 1. The smallest absolute Gasteiger partial charge is 0.325 e. The number of nitrogens with one attached hydrogen (secondary N) is 1. The van der Waals surface area contributed by atoms with Crippen LogP contribution in [0.5, 0.6) is 0 Å². The first-order valence-corrected chi connectivity index (χ1v) is 9.24. The Kier molecular flexibility index (Phi) is 5.50. The highest BCUT2D eigenvalue weighted by Gasteiger charge is 2.17. The number of amides is 1. The number of hydrogen-bond acceptors (Lipinski definition) is 5. The van der Waals surface area contributed by atoms with Gasteiger partial charge in [-0.15, -0.1) is 0 Å². The summed E-state index contributed by atoms with van der Waals surface area (Å²) in [5, 5.41) is 3.06. The lowest BCUT2D eigenvalue weighted by Gasteiger charge is -2.19. The zero-order valence-electron chi connectivity index (χ0n) is 16.9. The minimum absolute atomic E-state index is 0.171. The summed E-state index contributed by atoms with van der Waals surface area (Å²) in [5.74, 6) is -0.356. The Labute approximate surface area is 168 Å². The lowest BCUT2D eigenvalue weighted by atomic mass is 10.1. The maximum Gasteiger partial charge on any atom is 0.325 e. The number of nitrogens with zero attached hydrogens (tertiary/aromatic N) is 2. The third kappa shape index (κ3) is 4.68. The molecule has 0 radical (unpaired) electrons. The highest BCUT2D eigenvalue weighted by molar-refractivity contribution is 5.96. The molecule has 1 amide bonds. The van der Waals surface area contributed by atoms with Crippen LogP contribution in [0.25, 0.3) is 16.6 Å². The summed E-state index contributed by atoms with van der Waals surface area (Å²) in [7, 11) is 0. The molecule has 7 heteroatoms. The van der Waals surface area contributed by atoms with Gasteiger partial charge in [0.25, 0.3) is 11.5 Å². The maximum absolute atomic E-state index is 12.9. The van der Waals surface area contributed by atoms with Crippen molar-refractivity contribution in [3.8, 4) is 5.69 Å². The van der Waals surface area contributed by atoms with Gasteiger partial charge < -0.3 is 10.1 Å². The lowest BCUT2D eigenvalue weighted by Crippen LogP contribution is -2.34. The van der Waals surface area contributed by atoms with Crippen molar-refractivity contribution in [1.29, 1.82) is 0 Å². The molecular formula is C22H23N3O4. The fourth-order valence-electron chi connectivity index (χ4n) is 2.94. The van der Waals surface area contributed by atoms with E-state index >= 15 is 0 Å². The number of aromatic nitrogens is 2. The van der Waals surface area contributed by atoms with E-state index in [0.29, 0.717) is 28.0 Å². The van der Waals surface area contributed by atoms with Crippen molar-refractivity contribution >= 4 is 22.8 Å². The molecule has 0 saturated carbocycles. The monoisotopic (exact) mass is 393 g/mol. The van der Waals surface area contributed by atoms with Crippen LogP contribution >= 0.6 is 0 Å². The van der Waals surface area contributed by atoms with Crippen LogP contribution in [0.3, 0.4) is 0 Å². The van der Waals surface area contributed by atoms with Gasteiger partial charge in [0.05, 0.1) is 16.6 Å². The zero-order valence-corrected chi connectivity index (χ0v) is 16.9. The standard InChI is InChI=1S/C22H23N3O4/c1-14-24-18-8-6-5-7-17(18)21(28)25(14)16-11-9-15(10-12-16)20(27)23-13-19(26)29-22(2,3)4/h5-12H,13H2,1-4H3,(H,23,27). The number of carbonyl (C=O) groups is 2. The van der Waals surface area contributed by atoms with Gasteiger partial charge in [0.15, 0.2) is 0 Å². The Hall–Kier alpha value is -3.48. The fourth-order valence-corrected chi connectivity index (χ4v) is 2.94. The zero-order chi connectivity index (χ0) is 21.2. The average Bonchev–Trinajstić information content (AvgIpc) is 2.65. The molecule has 1 N–H and O–H groups in total. The quantitative estimate of drug-likeness (QED) is 0.689. The molecule has 0 aliphatic carbocycles. The van der Waals surface area contributed by atoms with E-state index in [0.717, 1.165) is 0 Å². The summed E-state index contributed by atoms with van der Waals surface area (Å²) in [5.41, 5.74) is 0.841. The minimum atomic E-state index is -0.609. The second-order valence-corrected chi connectivity index (χ2v) is 7.63. The van der Waals surface area contributed by atoms with Crippen LogP contribution in [-0.4, -0.2) is 33.6 Å². The van der Waals surface area contributed by atoms with E-state index in [2.05, 4.69) is 10.3 Å². The molecule has 0 fully saturated rings. The first-order valence-electron chi connectivity index (χ1n) is 9.24. The number of carbonyl (C=O) groups excluding carboxylic acids is 2. The van der Waals surface area contributed by atoms with Gasteiger partial charge in [-0.25, -0.2) is 4.98 Å². The van der Waals surface area contributed by atoms with Crippen LogP contribution in [0, 0.1) is 6.92 Å². The SMILES string of the molecule is Cc1nc2ccccc2c(=O)n1-c1ccc(C(=O)NCC(=O)OC(C)(C)C)cc1. The summed E-state index contributed by atoms with van der Waals surface area (Å²) in [4.78, 5) is 41.3. The van der Waals surface area contributed by atoms with Gasteiger partial charge in [0.1, 0.15) is 18.0 Å². The Bertz CT molecular complexity index is 1130. The van der Waals surface area contributed by atoms with Gasteiger partial charge in [-0.05, 0) is 64.1 Å². The number of aryl methyl sites for hydroxylation is 1. The van der Waals surface area contributed by atoms with E-state index in [-0.39, 0.29) is 12.1 Å². The Morgan fingerprint density at radius 3 is 2.38 bits per heavy atom. The Morgan fingerprint density at radius 1 is 1.07 bits per heavy atom. The third-order valence-corrected chi connectivity index (χ3v) is 4.14. The number of ether oxygens (including phenoxy) is 1. The summed E-state index contributed by atoms with van der Waals surface area (Å²) in [6.07, 6.45) is 0. The molecule has 0 aliphatic rings. The summed E-state index contributed by atoms with van der Waals surface area (Å²) in [6.45, 7) is 6.82. The van der Waals surface area contributed by atoms with Gasteiger partial charge in [0.2, 0.25) is 0 Å². The van der Waals surface area contributed by atoms with Gasteiger partial charge in [0, 0.05) is 5.56 Å². The van der Waals surface area contributed by atoms with Crippen LogP contribution < -0.4 is 10.9 Å². The van der Waals surface area contributed by atoms with Crippen molar-refractivity contribution in [1.82, 2.24) is 14.9 Å². The Morgan fingerprint density at radius 2 is 1.72 bits per heavy atom. The molecular weight excluding hydrogens is 370 g/mol. The van der Waals surface area contributed by atoms with Gasteiger partial charge >= 0.3 is 5.97 Å². The number of rotatable bonds is 4. The van der Waals surface area contributed by atoms with Crippen molar-refractivity contribution in [3.63, 3.8) is 0 Å². The highest BCUT2D eigenvalue weighted by atomic mass is 16.6. The fraction of sp³-hybridized carbons (Fsp3) is 0.273. The lowest BCUT2D eigenvalue weighted by molar-refractivity contribution is -0.153. The predicted molar refractivity (Wildman–Crippen MR) is 110 cm³/mol. The number of esters is 1. The number of benzene rings is 2. The molecule has 1 aromatic heterocycles. The van der Waals surface area contributed by atoms with E-state index < -0.39 is 17.5 Å². The molecule has 0 bridgehead atoms. The average molecular weight is 393 g/mol. The molecule has 3 aromatic rings. The summed E-state index contributed by atoms with van der Waals surface area (Å²) >= 11 is 0. The highest BCUT2D eigenvalue weighted by Crippen LogP contribution is 2.13. The van der Waals surface area contributed by atoms with Gasteiger partial charge in [-0.2, -0.15) is 0 Å². The van der Waals surface area contributed by atoms with Crippen molar-refractivity contribution in [2.75, 3.05) is 6.54 Å². The van der Waals surface area contributed by atoms with Crippen LogP contribution in [0.1, 0.15) is 37.0 Å². The van der Waals surface area contributed by atoms with E-state index in [4.69, 9.17) is 4.74 Å². The second kappa shape index (κ2) is 7.87. The van der Waals surface area contributed by atoms with Crippen LogP contribution in [0.15, 0.2) is 53.3 Å². The molecule has 0 saturated heterocycles. The number of para-hydroxylation sites is 1. The molecule has 0 spiro atoms. The first kappa shape index (κ1) is 20.3. The predicted octanol–water partition coefficient (Wildman–Crippen LogP) is 2.77. The molecule has 2 aromatic carbocycles. The van der Waals surface area contributed by atoms with E-state index in [1.165, 1.54) is 4.57 Å². The molecule has 0 unspecified atom stereocenters. The summed E-state index contributed by atoms with van der Waals surface area (Å²) < 4.78 is 6.67. The minimum Gasteiger partial charge on any atom is -0.459 e. The van der Waals surface area contributed by atoms with Gasteiger partial charge in [-0.3, -0.25) is 19.0 Å². The van der Waals surface area contributed by atoms with Gasteiger partial charge in [-0.1, -0.05) is 12.1 Å². The topological polar surface area (TPSA) is 90.3 Å². The molecule has 1 heterocycles. The van der Waals surface area contributed by atoms with Crippen LogP contribution in [0.2, 0.25) is 0 Å². The molecule has 0 aliphatic heterocycles. The van der Waals surface area contributed by atoms with Crippen molar-refractivity contribution < 1.29 is 14.3 Å². The molecule has 29 heavy (non-hydrogen) atoms. The first-order chi connectivity index (χ1) is 13.7. The summed E-state index contributed by atoms with van der Waals surface area (Å²) in [6, 6.07) is 13.7. The van der Waals surface area contributed by atoms with Crippen molar-refractivity contribution in [2.24, 2.45) is 0 Å². The molecule has 7 nitrogen and oxygen atoms in total. The number of hydrogen-bond donors (Lipinski definition) is 1.